The molecular formula is C14H14O3. The predicted molar refractivity (Wildman–Crippen MR) is 66.6 cm³/mol. The van der Waals surface area contributed by atoms with Crippen LogP contribution in [0.3, 0.4) is 0 Å². The van der Waals surface area contributed by atoms with Gasteiger partial charge >= 0.3 is 0 Å². The number of benzene rings is 2. The Hall–Kier alpha value is -2.16. The van der Waals surface area contributed by atoms with Gasteiger partial charge in [0.05, 0.1) is 14.2 Å². The zero-order valence-electron chi connectivity index (χ0n) is 9.81. The lowest BCUT2D eigenvalue weighted by atomic mass is 10.0. The molecular weight excluding hydrogens is 216 g/mol. The highest BCUT2D eigenvalue weighted by Gasteiger charge is 2.05. The maximum atomic E-state index is 9.53. The normalized spacial score (nSPS) is 10.0. The summed E-state index contributed by atoms with van der Waals surface area (Å²) in [5.74, 6) is 1.40. The van der Waals surface area contributed by atoms with Gasteiger partial charge in [0.2, 0.25) is 0 Å². The average Bonchev–Trinajstić information content (AvgIpc) is 2.39. The minimum atomic E-state index is 0.138. The van der Waals surface area contributed by atoms with Crippen LogP contribution in [0.2, 0.25) is 0 Å². The number of phenols is 1. The van der Waals surface area contributed by atoms with Crippen LogP contribution in [0.15, 0.2) is 42.5 Å². The fraction of sp³-hybridized carbons (Fsp3) is 0.143. The largest absolute Gasteiger partial charge is 0.504 e. The van der Waals surface area contributed by atoms with E-state index in [0.717, 1.165) is 16.9 Å². The fourth-order valence-corrected chi connectivity index (χ4v) is 1.66. The number of phenolic OH excluding ortho intramolecular Hbond substituents is 1. The van der Waals surface area contributed by atoms with Gasteiger partial charge in [-0.3, -0.25) is 0 Å². The van der Waals surface area contributed by atoms with E-state index in [1.165, 1.54) is 7.11 Å². The van der Waals surface area contributed by atoms with Crippen molar-refractivity contribution >= 4 is 0 Å². The van der Waals surface area contributed by atoms with E-state index in [2.05, 4.69) is 0 Å². The van der Waals surface area contributed by atoms with Gasteiger partial charge in [-0.05, 0) is 35.4 Å². The lowest BCUT2D eigenvalue weighted by molar-refractivity contribution is 0.373. The Morgan fingerprint density at radius 3 is 2.35 bits per heavy atom. The van der Waals surface area contributed by atoms with Crippen molar-refractivity contribution in [2.24, 2.45) is 0 Å². The highest BCUT2D eigenvalue weighted by atomic mass is 16.5. The second-order valence-corrected chi connectivity index (χ2v) is 3.62. The molecule has 0 unspecified atom stereocenters. The van der Waals surface area contributed by atoms with Gasteiger partial charge in [-0.15, -0.1) is 0 Å². The van der Waals surface area contributed by atoms with Crippen molar-refractivity contribution in [2.75, 3.05) is 14.2 Å². The SMILES string of the molecule is COc1cccc(-c2ccc(O)c(OC)c2)c1. The van der Waals surface area contributed by atoms with E-state index in [1.54, 1.807) is 19.2 Å². The van der Waals surface area contributed by atoms with Gasteiger partial charge in [-0.25, -0.2) is 0 Å². The quantitative estimate of drug-likeness (QED) is 0.880. The molecule has 0 aliphatic carbocycles. The lowest BCUT2D eigenvalue weighted by Crippen LogP contribution is -1.86. The molecule has 0 aliphatic heterocycles. The van der Waals surface area contributed by atoms with Gasteiger partial charge in [-0.2, -0.15) is 0 Å². The second-order valence-electron chi connectivity index (χ2n) is 3.62. The first-order valence-corrected chi connectivity index (χ1v) is 5.26. The Kier molecular flexibility index (Phi) is 3.19. The number of ether oxygens (including phenoxy) is 2. The van der Waals surface area contributed by atoms with Crippen LogP contribution < -0.4 is 9.47 Å². The number of aromatic hydroxyl groups is 1. The van der Waals surface area contributed by atoms with Crippen LogP contribution in [-0.2, 0) is 0 Å². The number of rotatable bonds is 3. The molecule has 2 aromatic carbocycles. The highest BCUT2D eigenvalue weighted by molar-refractivity contribution is 5.68. The molecule has 1 N–H and O–H groups in total. The molecule has 0 radical (unpaired) electrons. The highest BCUT2D eigenvalue weighted by Crippen LogP contribution is 2.32. The summed E-state index contributed by atoms with van der Waals surface area (Å²) in [7, 11) is 3.17. The van der Waals surface area contributed by atoms with E-state index in [0.29, 0.717) is 5.75 Å². The maximum Gasteiger partial charge on any atom is 0.161 e. The van der Waals surface area contributed by atoms with Crippen molar-refractivity contribution < 1.29 is 14.6 Å². The smallest absolute Gasteiger partial charge is 0.161 e. The molecule has 0 spiro atoms. The molecule has 0 aliphatic rings. The summed E-state index contributed by atoms with van der Waals surface area (Å²) in [4.78, 5) is 0. The molecule has 3 nitrogen and oxygen atoms in total. The minimum Gasteiger partial charge on any atom is -0.504 e. The van der Waals surface area contributed by atoms with Crippen molar-refractivity contribution in [2.45, 2.75) is 0 Å². The molecule has 0 fully saturated rings. The molecule has 2 rings (SSSR count). The Bertz CT molecular complexity index is 521. The van der Waals surface area contributed by atoms with Crippen LogP contribution in [0.5, 0.6) is 17.2 Å². The van der Waals surface area contributed by atoms with E-state index in [9.17, 15) is 5.11 Å². The Labute approximate surface area is 100 Å². The molecule has 17 heavy (non-hydrogen) atoms. The summed E-state index contributed by atoms with van der Waals surface area (Å²) in [5.41, 5.74) is 1.99. The summed E-state index contributed by atoms with van der Waals surface area (Å²) in [6.45, 7) is 0. The predicted octanol–water partition coefficient (Wildman–Crippen LogP) is 3.08. The zero-order valence-corrected chi connectivity index (χ0v) is 9.81. The van der Waals surface area contributed by atoms with Crippen LogP contribution in [0, 0.1) is 0 Å². The summed E-state index contributed by atoms with van der Waals surface area (Å²) in [6, 6.07) is 13.0. The molecule has 88 valence electrons. The van der Waals surface area contributed by atoms with E-state index < -0.39 is 0 Å². The van der Waals surface area contributed by atoms with Crippen molar-refractivity contribution in [3.63, 3.8) is 0 Å². The number of hydrogen-bond donors (Lipinski definition) is 1. The lowest BCUT2D eigenvalue weighted by Gasteiger charge is -2.08. The molecule has 0 heterocycles. The topological polar surface area (TPSA) is 38.7 Å². The van der Waals surface area contributed by atoms with E-state index in [4.69, 9.17) is 9.47 Å². The monoisotopic (exact) mass is 230 g/mol. The van der Waals surface area contributed by atoms with Gasteiger partial charge < -0.3 is 14.6 Å². The summed E-state index contributed by atoms with van der Waals surface area (Å²) in [6.07, 6.45) is 0. The van der Waals surface area contributed by atoms with Crippen LogP contribution in [0.4, 0.5) is 0 Å². The molecule has 0 amide bonds. The number of hydrogen-bond acceptors (Lipinski definition) is 3. The standard InChI is InChI=1S/C14H14O3/c1-16-12-5-3-4-10(8-12)11-6-7-13(15)14(9-11)17-2/h3-9,15H,1-2H3. The van der Waals surface area contributed by atoms with Crippen LogP contribution >= 0.6 is 0 Å². The third-order valence-electron chi connectivity index (χ3n) is 2.58. The van der Waals surface area contributed by atoms with Gasteiger partial charge in [0.1, 0.15) is 5.75 Å². The van der Waals surface area contributed by atoms with Crippen LogP contribution in [-0.4, -0.2) is 19.3 Å². The summed E-state index contributed by atoms with van der Waals surface area (Å²) < 4.78 is 10.3. The van der Waals surface area contributed by atoms with Crippen molar-refractivity contribution in [1.82, 2.24) is 0 Å². The molecule has 0 aromatic heterocycles. The first kappa shape index (κ1) is 11.3. The first-order valence-electron chi connectivity index (χ1n) is 5.26. The van der Waals surface area contributed by atoms with Gasteiger partial charge in [0.15, 0.2) is 11.5 Å². The van der Waals surface area contributed by atoms with Crippen LogP contribution in [0.1, 0.15) is 0 Å². The average molecular weight is 230 g/mol. The first-order chi connectivity index (χ1) is 8.24. The molecule has 2 aromatic rings. The maximum absolute atomic E-state index is 9.53. The molecule has 0 saturated heterocycles. The molecule has 0 saturated carbocycles. The minimum absolute atomic E-state index is 0.138. The fourth-order valence-electron chi connectivity index (χ4n) is 1.66. The Morgan fingerprint density at radius 1 is 0.882 bits per heavy atom. The van der Waals surface area contributed by atoms with E-state index in [1.807, 2.05) is 30.3 Å². The summed E-state index contributed by atoms with van der Waals surface area (Å²) in [5, 5.41) is 9.53. The van der Waals surface area contributed by atoms with Crippen LogP contribution in [0.25, 0.3) is 11.1 Å². The second kappa shape index (κ2) is 4.78. The van der Waals surface area contributed by atoms with Crippen molar-refractivity contribution in [3.8, 4) is 28.4 Å². The number of methoxy groups -OCH3 is 2. The molecule has 0 atom stereocenters. The van der Waals surface area contributed by atoms with E-state index >= 15 is 0 Å². The molecule has 0 bridgehead atoms. The summed E-state index contributed by atoms with van der Waals surface area (Å²) >= 11 is 0. The van der Waals surface area contributed by atoms with Crippen molar-refractivity contribution in [1.29, 1.82) is 0 Å². The van der Waals surface area contributed by atoms with Crippen molar-refractivity contribution in [3.05, 3.63) is 42.5 Å². The van der Waals surface area contributed by atoms with Gasteiger partial charge in [-0.1, -0.05) is 18.2 Å². The third-order valence-corrected chi connectivity index (χ3v) is 2.58. The Morgan fingerprint density at radius 2 is 1.65 bits per heavy atom. The third kappa shape index (κ3) is 2.33. The molecule has 3 heteroatoms. The van der Waals surface area contributed by atoms with Gasteiger partial charge in [0.25, 0.3) is 0 Å². The Balaban J connectivity index is 2.45. The zero-order chi connectivity index (χ0) is 12.3. The van der Waals surface area contributed by atoms with Gasteiger partial charge in [0, 0.05) is 0 Å². The van der Waals surface area contributed by atoms with E-state index in [-0.39, 0.29) is 5.75 Å².